The van der Waals surface area contributed by atoms with Gasteiger partial charge in [0, 0.05) is 19.7 Å². The first-order chi connectivity index (χ1) is 9.88. The molecule has 0 spiro atoms. The molecule has 1 aromatic heterocycles. The topological polar surface area (TPSA) is 116 Å². The third kappa shape index (κ3) is 3.14. The number of hydrogen-bond acceptors (Lipinski definition) is 7. The monoisotopic (exact) mass is 333 g/mol. The molecule has 0 aromatic carbocycles. The lowest BCUT2D eigenvalue weighted by Gasteiger charge is -2.21. The van der Waals surface area contributed by atoms with Gasteiger partial charge in [0.05, 0.1) is 18.0 Å². The molecule has 1 aromatic rings. The Morgan fingerprint density at radius 3 is 2.71 bits per heavy atom. The summed E-state index contributed by atoms with van der Waals surface area (Å²) in [7, 11) is -3.54. The normalized spacial score (nSPS) is 16.7. The van der Waals surface area contributed by atoms with E-state index >= 15 is 0 Å². The number of amides is 1. The molecule has 0 unspecified atom stereocenters. The van der Waals surface area contributed by atoms with Crippen molar-refractivity contribution >= 4 is 37.8 Å². The molecule has 1 aliphatic rings. The van der Waals surface area contributed by atoms with E-state index in [0.717, 1.165) is 17.8 Å². The van der Waals surface area contributed by atoms with E-state index in [-0.39, 0.29) is 21.2 Å². The highest BCUT2D eigenvalue weighted by Gasteiger charge is 2.30. The molecule has 2 heterocycles. The summed E-state index contributed by atoms with van der Waals surface area (Å²) in [5, 5.41) is 0.494. The maximum absolute atomic E-state index is 12.3. The Hall–Kier alpha value is -1.32. The average molecular weight is 333 g/mol. The summed E-state index contributed by atoms with van der Waals surface area (Å²) in [6.07, 6.45) is 0.787. The quantitative estimate of drug-likeness (QED) is 0.826. The van der Waals surface area contributed by atoms with Crippen LogP contribution in [0.3, 0.4) is 0 Å². The molecule has 118 valence electrons. The summed E-state index contributed by atoms with van der Waals surface area (Å²) >= 11 is 1.04. The van der Waals surface area contributed by atoms with Crippen LogP contribution in [0.1, 0.15) is 23.0 Å². The molecule has 1 saturated heterocycles. The van der Waals surface area contributed by atoms with Crippen molar-refractivity contribution in [3.63, 3.8) is 0 Å². The molecule has 21 heavy (non-hydrogen) atoms. The Labute approximate surface area is 127 Å². The number of ether oxygens (including phenoxy) is 1. The van der Waals surface area contributed by atoms with Crippen LogP contribution in [0.4, 0.5) is 10.7 Å². The second kappa shape index (κ2) is 6.20. The number of primary amides is 1. The van der Waals surface area contributed by atoms with Crippen LogP contribution >= 0.6 is 11.3 Å². The van der Waals surface area contributed by atoms with Gasteiger partial charge < -0.3 is 21.1 Å². The van der Waals surface area contributed by atoms with Gasteiger partial charge in [-0.1, -0.05) is 6.92 Å². The van der Waals surface area contributed by atoms with Gasteiger partial charge in [0.2, 0.25) is 0 Å². The van der Waals surface area contributed by atoms with Crippen LogP contribution in [0.15, 0.2) is 4.90 Å². The van der Waals surface area contributed by atoms with Crippen molar-refractivity contribution in [2.75, 3.05) is 42.7 Å². The summed E-state index contributed by atoms with van der Waals surface area (Å²) in [6, 6.07) is 0. The fourth-order valence-electron chi connectivity index (χ4n) is 2.20. The van der Waals surface area contributed by atoms with Crippen molar-refractivity contribution in [3.05, 3.63) is 4.88 Å². The number of nitrogens with zero attached hydrogens (tertiary/aromatic N) is 1. The highest BCUT2D eigenvalue weighted by atomic mass is 32.2. The third-order valence-electron chi connectivity index (χ3n) is 3.31. The molecule has 1 fully saturated rings. The number of hydrogen-bond donors (Lipinski definition) is 2. The smallest absolute Gasteiger partial charge is 0.261 e. The van der Waals surface area contributed by atoms with Gasteiger partial charge in [-0.3, -0.25) is 4.79 Å². The van der Waals surface area contributed by atoms with Gasteiger partial charge in [-0.2, -0.15) is 0 Å². The van der Waals surface area contributed by atoms with Crippen LogP contribution in [0.25, 0.3) is 0 Å². The molecular weight excluding hydrogens is 314 g/mol. The fraction of sp³-hybridized carbons (Fsp3) is 0.583. The Bertz CT molecular complexity index is 631. The highest BCUT2D eigenvalue weighted by Crippen LogP contribution is 2.42. The predicted molar refractivity (Wildman–Crippen MR) is 82.6 cm³/mol. The van der Waals surface area contributed by atoms with Gasteiger partial charge in [0.1, 0.15) is 14.8 Å². The van der Waals surface area contributed by atoms with Gasteiger partial charge in [-0.15, -0.1) is 11.3 Å². The fourth-order valence-corrected chi connectivity index (χ4v) is 4.91. The first-order valence-corrected chi connectivity index (χ1v) is 9.13. The van der Waals surface area contributed by atoms with E-state index in [0.29, 0.717) is 31.3 Å². The van der Waals surface area contributed by atoms with Gasteiger partial charge in [-0.25, -0.2) is 8.42 Å². The van der Waals surface area contributed by atoms with Crippen molar-refractivity contribution in [1.82, 2.24) is 0 Å². The molecule has 0 atom stereocenters. The minimum absolute atomic E-state index is 0.0329. The maximum Gasteiger partial charge on any atom is 0.261 e. The van der Waals surface area contributed by atoms with Crippen molar-refractivity contribution in [2.45, 2.75) is 18.2 Å². The first kappa shape index (κ1) is 16.1. The Balaban J connectivity index is 2.58. The van der Waals surface area contributed by atoms with Crippen molar-refractivity contribution in [3.8, 4) is 0 Å². The van der Waals surface area contributed by atoms with Crippen LogP contribution in [0, 0.1) is 0 Å². The molecule has 0 saturated carbocycles. The summed E-state index contributed by atoms with van der Waals surface area (Å²) in [5.41, 5.74) is 11.1. The zero-order valence-electron chi connectivity index (χ0n) is 11.8. The maximum atomic E-state index is 12.3. The Morgan fingerprint density at radius 1 is 1.38 bits per heavy atom. The van der Waals surface area contributed by atoms with Crippen molar-refractivity contribution in [2.24, 2.45) is 5.73 Å². The van der Waals surface area contributed by atoms with Gasteiger partial charge >= 0.3 is 0 Å². The second-order valence-electron chi connectivity index (χ2n) is 4.70. The molecule has 0 bridgehead atoms. The molecule has 4 N–H and O–H groups in total. The van der Waals surface area contributed by atoms with Crippen LogP contribution in [-0.2, 0) is 14.6 Å². The van der Waals surface area contributed by atoms with E-state index in [1.54, 1.807) is 6.92 Å². The summed E-state index contributed by atoms with van der Waals surface area (Å²) in [6.45, 7) is 3.91. The lowest BCUT2D eigenvalue weighted by atomic mass is 10.3. The zero-order valence-corrected chi connectivity index (χ0v) is 13.4. The summed E-state index contributed by atoms with van der Waals surface area (Å²) in [4.78, 5) is 13.5. The van der Waals surface area contributed by atoms with Crippen LogP contribution < -0.4 is 16.4 Å². The number of nitrogen functional groups attached to an aromatic ring is 1. The first-order valence-electron chi connectivity index (χ1n) is 6.66. The second-order valence-corrected chi connectivity index (χ2v) is 7.91. The standard InChI is InChI=1S/C12H19N3O4S2/c1-2-21(17,18)10-8(13)9(11(14)16)20-12(10)15-4-3-6-19-7-5-15/h2-7,13H2,1H3,(H2,14,16). The molecule has 9 heteroatoms. The number of rotatable bonds is 4. The van der Waals surface area contributed by atoms with Gasteiger partial charge in [0.15, 0.2) is 9.84 Å². The van der Waals surface area contributed by atoms with Crippen LogP contribution in [0.2, 0.25) is 0 Å². The molecule has 2 rings (SSSR count). The van der Waals surface area contributed by atoms with Crippen LogP contribution in [-0.4, -0.2) is 46.4 Å². The number of sulfone groups is 1. The van der Waals surface area contributed by atoms with E-state index in [4.69, 9.17) is 16.2 Å². The minimum atomic E-state index is -3.54. The number of carbonyl (C=O) groups is 1. The molecule has 1 aliphatic heterocycles. The van der Waals surface area contributed by atoms with Crippen molar-refractivity contribution in [1.29, 1.82) is 0 Å². The number of nitrogens with two attached hydrogens (primary N) is 2. The Kier molecular flexibility index (Phi) is 4.74. The predicted octanol–water partition coefficient (Wildman–Crippen LogP) is 0.450. The van der Waals surface area contributed by atoms with E-state index in [9.17, 15) is 13.2 Å². The van der Waals surface area contributed by atoms with Gasteiger partial charge in [-0.05, 0) is 6.42 Å². The largest absolute Gasteiger partial charge is 0.396 e. The van der Waals surface area contributed by atoms with E-state index < -0.39 is 15.7 Å². The molecule has 0 radical (unpaired) electrons. The number of thiophene rings is 1. The molecular formula is C12H19N3O4S2. The number of carbonyl (C=O) groups excluding carboxylic acids is 1. The number of anilines is 2. The van der Waals surface area contributed by atoms with E-state index in [1.165, 1.54) is 0 Å². The summed E-state index contributed by atoms with van der Waals surface area (Å²) in [5.74, 6) is -0.786. The molecule has 7 nitrogen and oxygen atoms in total. The average Bonchev–Trinajstić information content (AvgIpc) is 2.63. The lowest BCUT2D eigenvalue weighted by Crippen LogP contribution is -2.26. The SMILES string of the molecule is CCS(=O)(=O)c1c(N2CCCOCC2)sc(C(N)=O)c1N. The van der Waals surface area contributed by atoms with Crippen LogP contribution in [0.5, 0.6) is 0 Å². The molecule has 0 aliphatic carbocycles. The van der Waals surface area contributed by atoms with Crippen molar-refractivity contribution < 1.29 is 17.9 Å². The highest BCUT2D eigenvalue weighted by molar-refractivity contribution is 7.92. The minimum Gasteiger partial charge on any atom is -0.396 e. The zero-order chi connectivity index (χ0) is 15.6. The van der Waals surface area contributed by atoms with Gasteiger partial charge in [0.25, 0.3) is 5.91 Å². The molecule has 1 amide bonds. The lowest BCUT2D eigenvalue weighted by molar-refractivity contribution is 0.100. The Morgan fingerprint density at radius 2 is 2.10 bits per heavy atom. The third-order valence-corrected chi connectivity index (χ3v) is 6.51. The van der Waals surface area contributed by atoms with E-state index in [2.05, 4.69) is 0 Å². The summed E-state index contributed by atoms with van der Waals surface area (Å²) < 4.78 is 30.0. The van der Waals surface area contributed by atoms with E-state index in [1.807, 2.05) is 4.90 Å².